The molecule has 192 valence electrons. The van der Waals surface area contributed by atoms with Crippen LogP contribution < -0.4 is 15.4 Å². The second-order valence-corrected chi connectivity index (χ2v) is 10.5. The molecule has 0 spiro atoms. The number of pyridine rings is 1. The first-order valence-corrected chi connectivity index (χ1v) is 13.3. The fraction of sp³-hybridized carbons (Fsp3) is 0.0741. The van der Waals surface area contributed by atoms with E-state index in [2.05, 4.69) is 25.8 Å². The van der Waals surface area contributed by atoms with Crippen molar-refractivity contribution >= 4 is 38.3 Å². The molecule has 0 aliphatic rings. The van der Waals surface area contributed by atoms with Crippen LogP contribution >= 0.6 is 0 Å². The molecule has 0 radical (unpaired) electrons. The highest BCUT2D eigenvalue weighted by molar-refractivity contribution is 7.90. The van der Waals surface area contributed by atoms with Crippen LogP contribution in [0.5, 0.6) is 5.75 Å². The Morgan fingerprint density at radius 3 is 2.42 bits per heavy atom. The summed E-state index contributed by atoms with van der Waals surface area (Å²) < 4.78 is 43.7. The lowest BCUT2D eigenvalue weighted by atomic mass is 10.0. The smallest absolute Gasteiger partial charge is 0.323 e. The van der Waals surface area contributed by atoms with Crippen molar-refractivity contribution in [3.63, 3.8) is 0 Å². The molecule has 0 aliphatic carbocycles. The lowest BCUT2D eigenvalue weighted by Gasteiger charge is -2.10. The van der Waals surface area contributed by atoms with E-state index in [1.165, 1.54) is 18.2 Å². The molecule has 2 heterocycles. The van der Waals surface area contributed by atoms with Gasteiger partial charge in [0.05, 0.1) is 17.7 Å². The number of ether oxygens (including phenoxy) is 1. The second kappa shape index (κ2) is 9.94. The van der Waals surface area contributed by atoms with E-state index in [4.69, 9.17) is 4.74 Å². The first-order valence-electron chi connectivity index (χ1n) is 11.4. The molecule has 5 rings (SSSR count). The SMILES string of the molecule is COc1ccc(NC(=O)Nc2cc(F)cc(-c3[nH]nc4ncc(-c5cccc(S(C)(=O)=O)c5)cc34)c2)cc1. The van der Waals surface area contributed by atoms with Crippen molar-refractivity contribution in [2.75, 3.05) is 24.0 Å². The van der Waals surface area contributed by atoms with Crippen LogP contribution in [0.15, 0.2) is 83.9 Å². The van der Waals surface area contributed by atoms with Crippen molar-refractivity contribution in [1.29, 1.82) is 0 Å². The van der Waals surface area contributed by atoms with Crippen molar-refractivity contribution < 1.29 is 22.3 Å². The molecule has 0 aliphatic heterocycles. The zero-order chi connectivity index (χ0) is 26.9. The number of hydrogen-bond acceptors (Lipinski definition) is 6. The number of hydrogen-bond donors (Lipinski definition) is 3. The van der Waals surface area contributed by atoms with Gasteiger partial charge < -0.3 is 15.4 Å². The van der Waals surface area contributed by atoms with Gasteiger partial charge in [0.15, 0.2) is 15.5 Å². The third-order valence-corrected chi connectivity index (χ3v) is 6.91. The van der Waals surface area contributed by atoms with Gasteiger partial charge in [-0.05, 0) is 66.2 Å². The van der Waals surface area contributed by atoms with Crippen LogP contribution in [0.25, 0.3) is 33.4 Å². The molecule has 0 bridgehead atoms. The van der Waals surface area contributed by atoms with Gasteiger partial charge in [0, 0.05) is 40.3 Å². The number of carbonyl (C=O) groups is 1. The predicted octanol–water partition coefficient (Wildman–Crippen LogP) is 5.49. The Hall–Kier alpha value is -4.77. The number of nitrogens with one attached hydrogen (secondary N) is 3. The Labute approximate surface area is 217 Å². The van der Waals surface area contributed by atoms with E-state index in [1.54, 1.807) is 67.9 Å². The number of benzene rings is 3. The molecule has 11 heteroatoms. The van der Waals surface area contributed by atoms with Gasteiger partial charge in [-0.2, -0.15) is 5.10 Å². The number of anilines is 2. The van der Waals surface area contributed by atoms with Crippen molar-refractivity contribution in [2.45, 2.75) is 4.90 Å². The Morgan fingerprint density at radius 1 is 0.921 bits per heavy atom. The molecule has 3 aromatic carbocycles. The van der Waals surface area contributed by atoms with Gasteiger partial charge >= 0.3 is 6.03 Å². The largest absolute Gasteiger partial charge is 0.497 e. The van der Waals surface area contributed by atoms with Gasteiger partial charge in [-0.1, -0.05) is 12.1 Å². The molecule has 2 aromatic heterocycles. The summed E-state index contributed by atoms with van der Waals surface area (Å²) in [5.74, 6) is 0.0910. The first kappa shape index (κ1) is 24.9. The highest BCUT2D eigenvalue weighted by Gasteiger charge is 2.15. The minimum absolute atomic E-state index is 0.191. The number of H-pyrrole nitrogens is 1. The molecule has 5 aromatic rings. The Kier molecular flexibility index (Phi) is 6.52. The van der Waals surface area contributed by atoms with E-state index in [0.29, 0.717) is 44.9 Å². The summed E-state index contributed by atoms with van der Waals surface area (Å²) in [5, 5.41) is 13.0. The maximum Gasteiger partial charge on any atom is 0.323 e. The molecule has 3 N–H and O–H groups in total. The monoisotopic (exact) mass is 531 g/mol. The number of halogens is 1. The average Bonchev–Trinajstić information content (AvgIpc) is 3.32. The van der Waals surface area contributed by atoms with Crippen LogP contribution in [0.1, 0.15) is 0 Å². The summed E-state index contributed by atoms with van der Waals surface area (Å²) >= 11 is 0. The minimum Gasteiger partial charge on any atom is -0.497 e. The van der Waals surface area contributed by atoms with Gasteiger partial charge in [0.1, 0.15) is 11.6 Å². The number of carbonyl (C=O) groups excluding carboxylic acids is 1. The predicted molar refractivity (Wildman–Crippen MR) is 143 cm³/mol. The number of fused-ring (bicyclic) bond motifs is 1. The lowest BCUT2D eigenvalue weighted by Crippen LogP contribution is -2.19. The quantitative estimate of drug-likeness (QED) is 0.266. The Morgan fingerprint density at radius 2 is 1.68 bits per heavy atom. The fourth-order valence-electron chi connectivity index (χ4n) is 3.96. The van der Waals surface area contributed by atoms with E-state index in [-0.39, 0.29) is 10.6 Å². The summed E-state index contributed by atoms with van der Waals surface area (Å²) in [6, 6.07) is 18.7. The van der Waals surface area contributed by atoms with Crippen molar-refractivity contribution in [1.82, 2.24) is 15.2 Å². The lowest BCUT2D eigenvalue weighted by molar-refractivity contribution is 0.262. The summed E-state index contributed by atoms with van der Waals surface area (Å²) in [6.45, 7) is 0. The summed E-state index contributed by atoms with van der Waals surface area (Å²) in [5.41, 5.74) is 3.43. The second-order valence-electron chi connectivity index (χ2n) is 8.53. The number of aromatic amines is 1. The third kappa shape index (κ3) is 5.32. The normalized spacial score (nSPS) is 11.3. The van der Waals surface area contributed by atoms with Crippen LogP contribution in [0, 0.1) is 5.82 Å². The van der Waals surface area contributed by atoms with Crippen LogP contribution in [0.3, 0.4) is 0 Å². The summed E-state index contributed by atoms with van der Waals surface area (Å²) in [7, 11) is -1.84. The van der Waals surface area contributed by atoms with Crippen LogP contribution in [-0.4, -0.2) is 43.0 Å². The number of nitrogens with zero attached hydrogens (tertiary/aromatic N) is 2. The molecule has 0 saturated carbocycles. The minimum atomic E-state index is -3.38. The van der Waals surface area contributed by atoms with Gasteiger partial charge in [0.2, 0.25) is 0 Å². The number of aromatic nitrogens is 3. The zero-order valence-corrected chi connectivity index (χ0v) is 21.1. The van der Waals surface area contributed by atoms with Crippen LogP contribution in [-0.2, 0) is 9.84 Å². The Bertz CT molecular complexity index is 1770. The number of amides is 2. The molecule has 38 heavy (non-hydrogen) atoms. The van der Waals surface area contributed by atoms with E-state index in [9.17, 15) is 17.6 Å². The average molecular weight is 532 g/mol. The van der Waals surface area contributed by atoms with Gasteiger partial charge in [-0.15, -0.1) is 0 Å². The summed E-state index contributed by atoms with van der Waals surface area (Å²) in [6.07, 6.45) is 2.74. The highest BCUT2D eigenvalue weighted by Crippen LogP contribution is 2.32. The standard InChI is InChI=1S/C27H22FN5O4S/c1-37-22-8-6-20(7-9-22)30-27(34)31-21-11-17(10-19(28)14-21)25-24-13-18(15-29-26(24)33-32-25)16-4-3-5-23(12-16)38(2,35)36/h3-15H,1-2H3,(H,29,32,33)(H2,30,31,34). The van der Waals surface area contributed by atoms with Crippen LogP contribution in [0.4, 0.5) is 20.6 Å². The molecular weight excluding hydrogens is 509 g/mol. The Balaban J connectivity index is 1.44. The fourth-order valence-corrected chi connectivity index (χ4v) is 4.62. The molecule has 0 unspecified atom stereocenters. The van der Waals surface area contributed by atoms with E-state index >= 15 is 0 Å². The van der Waals surface area contributed by atoms with Crippen molar-refractivity contribution in [3.05, 3.63) is 84.8 Å². The number of urea groups is 1. The maximum atomic E-state index is 14.6. The van der Waals surface area contributed by atoms with Crippen LogP contribution in [0.2, 0.25) is 0 Å². The van der Waals surface area contributed by atoms with Gasteiger partial charge in [-0.3, -0.25) is 5.10 Å². The number of methoxy groups -OCH3 is 1. The summed E-state index contributed by atoms with van der Waals surface area (Å²) in [4.78, 5) is 17.1. The zero-order valence-electron chi connectivity index (χ0n) is 20.3. The number of rotatable bonds is 6. The van der Waals surface area contributed by atoms with Crippen molar-refractivity contribution in [2.24, 2.45) is 0 Å². The van der Waals surface area contributed by atoms with Gasteiger partial charge in [-0.25, -0.2) is 22.6 Å². The van der Waals surface area contributed by atoms with E-state index < -0.39 is 21.7 Å². The number of sulfone groups is 1. The molecule has 9 nitrogen and oxygen atoms in total. The topological polar surface area (TPSA) is 126 Å². The maximum absolute atomic E-state index is 14.6. The van der Waals surface area contributed by atoms with E-state index in [1.807, 2.05) is 0 Å². The molecule has 0 saturated heterocycles. The van der Waals surface area contributed by atoms with Crippen molar-refractivity contribution in [3.8, 4) is 28.1 Å². The third-order valence-electron chi connectivity index (χ3n) is 5.80. The highest BCUT2D eigenvalue weighted by atomic mass is 32.2. The van der Waals surface area contributed by atoms with E-state index in [0.717, 1.165) is 6.26 Å². The molecule has 0 atom stereocenters. The first-order chi connectivity index (χ1) is 18.2. The molecule has 2 amide bonds. The van der Waals surface area contributed by atoms with Gasteiger partial charge in [0.25, 0.3) is 0 Å². The molecule has 0 fully saturated rings. The molecular formula is C27H22FN5O4S.